The topological polar surface area (TPSA) is 84.2 Å². The fourth-order valence-corrected chi connectivity index (χ4v) is 7.15. The Morgan fingerprint density at radius 3 is 2.26 bits per heavy atom. The SMILES string of the molecule is O=S(=O)(c1ccc(Cl)cc1)N1CCN(c2nc(C3CCCCC3)nc3c2cnn3-c2ccccc2Cl)CC1. The van der Waals surface area contributed by atoms with E-state index in [0.29, 0.717) is 42.1 Å². The second-order valence-electron chi connectivity index (χ2n) is 9.83. The van der Waals surface area contributed by atoms with E-state index in [0.717, 1.165) is 41.2 Å². The largest absolute Gasteiger partial charge is 0.353 e. The van der Waals surface area contributed by atoms with E-state index in [1.165, 1.54) is 23.6 Å². The third-order valence-corrected chi connectivity index (χ3v) is 9.95. The fourth-order valence-electron chi connectivity index (χ4n) is 5.39. The predicted molar refractivity (Wildman–Crippen MR) is 150 cm³/mol. The van der Waals surface area contributed by atoms with E-state index in [9.17, 15) is 8.42 Å². The van der Waals surface area contributed by atoms with Crippen LogP contribution in [0.15, 0.2) is 59.6 Å². The molecule has 1 aliphatic carbocycles. The smallest absolute Gasteiger partial charge is 0.243 e. The van der Waals surface area contributed by atoms with Gasteiger partial charge >= 0.3 is 0 Å². The zero-order valence-corrected chi connectivity index (χ0v) is 23.1. The van der Waals surface area contributed by atoms with Gasteiger partial charge in [0.1, 0.15) is 11.6 Å². The van der Waals surface area contributed by atoms with Crippen LogP contribution in [0.1, 0.15) is 43.8 Å². The van der Waals surface area contributed by atoms with Crippen molar-refractivity contribution >= 4 is 50.1 Å². The van der Waals surface area contributed by atoms with Gasteiger partial charge in [-0.2, -0.15) is 9.40 Å². The summed E-state index contributed by atoms with van der Waals surface area (Å²) in [6.45, 7) is 1.74. The number of halogens is 2. The monoisotopic (exact) mass is 570 g/mol. The summed E-state index contributed by atoms with van der Waals surface area (Å²) in [6.07, 6.45) is 7.51. The summed E-state index contributed by atoms with van der Waals surface area (Å²) < 4.78 is 29.8. The maximum atomic E-state index is 13.2. The Kier molecular flexibility index (Phi) is 7.03. The number of aromatic nitrogens is 4. The minimum absolute atomic E-state index is 0.250. The molecule has 0 atom stereocenters. The first-order valence-electron chi connectivity index (χ1n) is 12.9. The van der Waals surface area contributed by atoms with Gasteiger partial charge in [-0.05, 0) is 49.2 Å². The molecule has 1 aliphatic heterocycles. The number of sulfonamides is 1. The van der Waals surface area contributed by atoms with Gasteiger partial charge in [0.2, 0.25) is 10.0 Å². The number of para-hydroxylation sites is 1. The van der Waals surface area contributed by atoms with Crippen LogP contribution in [0.3, 0.4) is 0 Å². The first-order valence-corrected chi connectivity index (χ1v) is 15.1. The number of hydrogen-bond acceptors (Lipinski definition) is 6. The number of nitrogens with zero attached hydrogens (tertiary/aromatic N) is 6. The summed E-state index contributed by atoms with van der Waals surface area (Å²) in [5, 5.41) is 6.59. The Morgan fingerprint density at radius 2 is 1.55 bits per heavy atom. The highest BCUT2D eigenvalue weighted by Crippen LogP contribution is 2.35. The van der Waals surface area contributed by atoms with Crippen molar-refractivity contribution in [2.24, 2.45) is 0 Å². The van der Waals surface area contributed by atoms with Crippen molar-refractivity contribution in [1.82, 2.24) is 24.1 Å². The van der Waals surface area contributed by atoms with Crippen LogP contribution in [0, 0.1) is 0 Å². The average molecular weight is 572 g/mol. The minimum Gasteiger partial charge on any atom is -0.353 e. The van der Waals surface area contributed by atoms with Crippen LogP contribution in [-0.2, 0) is 10.0 Å². The van der Waals surface area contributed by atoms with E-state index in [-0.39, 0.29) is 4.90 Å². The van der Waals surface area contributed by atoms with Crippen LogP contribution < -0.4 is 4.90 Å². The molecule has 4 aromatic rings. The van der Waals surface area contributed by atoms with Crippen LogP contribution in [0.2, 0.25) is 10.0 Å². The molecule has 0 N–H and O–H groups in total. The number of anilines is 1. The molecule has 3 heterocycles. The average Bonchev–Trinajstić information content (AvgIpc) is 3.37. The third kappa shape index (κ3) is 4.77. The summed E-state index contributed by atoms with van der Waals surface area (Å²) in [6, 6.07) is 13.9. The molecule has 0 bridgehead atoms. The Labute approximate surface area is 232 Å². The quantitative estimate of drug-likeness (QED) is 0.307. The first-order chi connectivity index (χ1) is 18.4. The third-order valence-electron chi connectivity index (χ3n) is 7.47. The van der Waals surface area contributed by atoms with E-state index < -0.39 is 10.0 Å². The van der Waals surface area contributed by atoms with Crippen molar-refractivity contribution in [2.45, 2.75) is 42.9 Å². The molecule has 0 radical (unpaired) electrons. The van der Waals surface area contributed by atoms with Crippen LogP contribution in [-0.4, -0.2) is 58.7 Å². The van der Waals surface area contributed by atoms with E-state index in [4.69, 9.17) is 33.2 Å². The highest BCUT2D eigenvalue weighted by atomic mass is 35.5. The van der Waals surface area contributed by atoms with Gasteiger partial charge in [-0.15, -0.1) is 0 Å². The number of benzene rings is 2. The first kappa shape index (κ1) is 25.6. The Bertz CT molecular complexity index is 1560. The number of fused-ring (bicyclic) bond motifs is 1. The van der Waals surface area contributed by atoms with E-state index in [2.05, 4.69) is 10.00 Å². The lowest BCUT2D eigenvalue weighted by Crippen LogP contribution is -2.49. The van der Waals surface area contributed by atoms with Crippen molar-refractivity contribution < 1.29 is 8.42 Å². The van der Waals surface area contributed by atoms with Gasteiger partial charge in [0, 0.05) is 37.1 Å². The molecule has 1 saturated carbocycles. The second-order valence-corrected chi connectivity index (χ2v) is 12.6. The lowest BCUT2D eigenvalue weighted by atomic mass is 9.88. The maximum Gasteiger partial charge on any atom is 0.243 e. The molecule has 2 fully saturated rings. The Hall–Kier alpha value is -2.72. The molecule has 6 rings (SSSR count). The zero-order chi connectivity index (χ0) is 26.3. The van der Waals surface area contributed by atoms with Gasteiger partial charge in [-0.25, -0.2) is 23.1 Å². The number of rotatable bonds is 5. The van der Waals surface area contributed by atoms with Crippen LogP contribution >= 0.6 is 23.2 Å². The Morgan fingerprint density at radius 1 is 0.842 bits per heavy atom. The van der Waals surface area contributed by atoms with Gasteiger partial charge in [-0.1, -0.05) is 54.6 Å². The number of hydrogen-bond donors (Lipinski definition) is 0. The van der Waals surface area contributed by atoms with Gasteiger partial charge in [0.05, 0.1) is 27.2 Å². The molecule has 0 spiro atoms. The summed E-state index contributed by atoms with van der Waals surface area (Å²) in [5.74, 6) is 1.93. The van der Waals surface area contributed by atoms with Gasteiger partial charge < -0.3 is 4.90 Å². The molecule has 11 heteroatoms. The molecule has 2 aromatic heterocycles. The summed E-state index contributed by atoms with van der Waals surface area (Å²) in [5.41, 5.74) is 1.49. The van der Waals surface area contributed by atoms with Crippen molar-refractivity contribution in [3.8, 4) is 5.69 Å². The second kappa shape index (κ2) is 10.4. The maximum absolute atomic E-state index is 13.2. The molecule has 2 aromatic carbocycles. The summed E-state index contributed by atoms with van der Waals surface area (Å²) >= 11 is 12.5. The van der Waals surface area contributed by atoms with Gasteiger partial charge in [0.15, 0.2) is 5.65 Å². The van der Waals surface area contributed by atoms with Crippen molar-refractivity contribution in [1.29, 1.82) is 0 Å². The molecule has 0 unspecified atom stereocenters. The molecule has 2 aliphatic rings. The molecular formula is C27H28Cl2N6O2S. The summed E-state index contributed by atoms with van der Waals surface area (Å²) in [7, 11) is -3.60. The normalized spacial score (nSPS) is 17.8. The lowest BCUT2D eigenvalue weighted by molar-refractivity contribution is 0.383. The van der Waals surface area contributed by atoms with Gasteiger partial charge in [0.25, 0.3) is 0 Å². The molecule has 198 valence electrons. The molecule has 8 nitrogen and oxygen atoms in total. The highest BCUT2D eigenvalue weighted by Gasteiger charge is 2.31. The van der Waals surface area contributed by atoms with Gasteiger partial charge in [-0.3, -0.25) is 0 Å². The van der Waals surface area contributed by atoms with E-state index in [1.807, 2.05) is 24.3 Å². The molecule has 1 saturated heterocycles. The Balaban J connectivity index is 1.35. The highest BCUT2D eigenvalue weighted by molar-refractivity contribution is 7.89. The predicted octanol–water partition coefficient (Wildman–Crippen LogP) is 5.68. The minimum atomic E-state index is -3.60. The molecule has 0 amide bonds. The van der Waals surface area contributed by atoms with Crippen molar-refractivity contribution in [3.63, 3.8) is 0 Å². The van der Waals surface area contributed by atoms with Crippen molar-refractivity contribution in [2.75, 3.05) is 31.1 Å². The molecular weight excluding hydrogens is 543 g/mol. The van der Waals surface area contributed by atoms with Crippen LogP contribution in [0.5, 0.6) is 0 Å². The van der Waals surface area contributed by atoms with E-state index in [1.54, 1.807) is 35.1 Å². The van der Waals surface area contributed by atoms with E-state index >= 15 is 0 Å². The molecule has 38 heavy (non-hydrogen) atoms. The fraction of sp³-hybridized carbons (Fsp3) is 0.370. The summed E-state index contributed by atoms with van der Waals surface area (Å²) in [4.78, 5) is 12.5. The van der Waals surface area contributed by atoms with Crippen molar-refractivity contribution in [3.05, 3.63) is 70.6 Å². The van der Waals surface area contributed by atoms with Crippen LogP contribution in [0.25, 0.3) is 16.7 Å². The lowest BCUT2D eigenvalue weighted by Gasteiger charge is -2.35. The number of piperazine rings is 1. The standard InChI is InChI=1S/C27H28Cl2N6O2S/c28-20-10-12-21(13-11-20)38(36,37)34-16-14-33(15-17-34)26-22-18-30-35(24-9-5-4-8-23(24)29)27(22)32-25(31-26)19-6-2-1-3-7-19/h4-5,8-13,18-19H,1-3,6-7,14-17H2. The zero-order valence-electron chi connectivity index (χ0n) is 20.8. The van der Waals surface area contributed by atoms with Crippen LogP contribution in [0.4, 0.5) is 5.82 Å².